The lowest BCUT2D eigenvalue weighted by molar-refractivity contribution is 0.319. The van der Waals surface area contributed by atoms with E-state index in [0.29, 0.717) is 17.4 Å². The summed E-state index contributed by atoms with van der Waals surface area (Å²) in [5, 5.41) is 0. The van der Waals surface area contributed by atoms with E-state index in [2.05, 4.69) is 9.98 Å². The van der Waals surface area contributed by atoms with Crippen LogP contribution >= 0.6 is 19.5 Å². The fourth-order valence-electron chi connectivity index (χ4n) is 1.13. The third kappa shape index (κ3) is 4.69. The van der Waals surface area contributed by atoms with Gasteiger partial charge in [-0.15, -0.1) is 0 Å². The van der Waals surface area contributed by atoms with Gasteiger partial charge in [0.25, 0.3) is 0 Å². The van der Waals surface area contributed by atoms with Gasteiger partial charge in [-0.2, -0.15) is 11.8 Å². The van der Waals surface area contributed by atoms with E-state index >= 15 is 0 Å². The topological polar surface area (TPSA) is 125 Å². The smallest absolute Gasteiger partial charge is 0.432 e. The minimum Gasteiger partial charge on any atom is -0.448 e. The Morgan fingerprint density at radius 1 is 1.72 bits per heavy atom. The second-order valence-electron chi connectivity index (χ2n) is 3.20. The molecule has 10 heteroatoms. The van der Waals surface area contributed by atoms with Gasteiger partial charge in [0.2, 0.25) is 5.89 Å². The normalized spacial score (nSPS) is 12.7. The van der Waals surface area contributed by atoms with Crippen molar-refractivity contribution in [3.05, 3.63) is 18.4 Å². The molecule has 0 unspecified atom stereocenters. The Bertz CT molecular complexity index is 432. The van der Waals surface area contributed by atoms with E-state index in [4.69, 9.17) is 19.9 Å². The second kappa shape index (κ2) is 6.79. The maximum absolute atomic E-state index is 11.2. The van der Waals surface area contributed by atoms with Crippen LogP contribution in [0, 0.1) is 0 Å². The van der Waals surface area contributed by atoms with Crippen LogP contribution in [0.25, 0.3) is 0 Å². The van der Waals surface area contributed by atoms with Gasteiger partial charge in [0.05, 0.1) is 11.9 Å². The number of rotatable bonds is 6. The van der Waals surface area contributed by atoms with E-state index in [0.717, 1.165) is 4.67 Å². The first-order valence-electron chi connectivity index (χ1n) is 4.97. The van der Waals surface area contributed by atoms with Crippen LogP contribution < -0.4 is 5.73 Å². The summed E-state index contributed by atoms with van der Waals surface area (Å²) in [6.07, 6.45) is 3.01. The summed E-state index contributed by atoms with van der Waals surface area (Å²) in [4.78, 5) is 25.7. The van der Waals surface area contributed by atoms with Gasteiger partial charge in [-0.1, -0.05) is 0 Å². The molecule has 0 aliphatic rings. The van der Waals surface area contributed by atoms with Gasteiger partial charge in [0, 0.05) is 19.3 Å². The number of hydrogen-bond acceptors (Lipinski definition) is 5. The highest BCUT2D eigenvalue weighted by Gasteiger charge is 2.26. The number of thioether (sulfide) groups is 1. The van der Waals surface area contributed by atoms with E-state index in [-0.39, 0.29) is 12.5 Å². The predicted molar refractivity (Wildman–Crippen MR) is 69.0 cm³/mol. The second-order valence-corrected chi connectivity index (χ2v) is 5.81. The molecule has 0 bridgehead atoms. The molecule has 102 valence electrons. The molecular weight excluding hydrogens is 279 g/mol. The largest absolute Gasteiger partial charge is 0.448 e. The summed E-state index contributed by atoms with van der Waals surface area (Å²) < 4.78 is 17.0. The fourth-order valence-corrected chi connectivity index (χ4v) is 2.75. The van der Waals surface area contributed by atoms with Crippen LogP contribution in [-0.2, 0) is 10.3 Å². The van der Waals surface area contributed by atoms with Crippen LogP contribution in [0.1, 0.15) is 5.89 Å². The molecule has 8 nitrogen and oxygen atoms in total. The molecule has 0 spiro atoms. The van der Waals surface area contributed by atoms with Crippen molar-refractivity contribution in [2.24, 2.45) is 10.7 Å². The van der Waals surface area contributed by atoms with Gasteiger partial charge in [0.1, 0.15) is 6.26 Å². The average Bonchev–Trinajstić information content (AvgIpc) is 2.79. The Labute approximate surface area is 108 Å². The number of aromatic nitrogens is 1. The van der Waals surface area contributed by atoms with Crippen molar-refractivity contribution < 1.29 is 18.8 Å². The Morgan fingerprint density at radius 2 is 2.44 bits per heavy atom. The molecule has 0 aliphatic heterocycles. The monoisotopic (exact) mass is 294 g/mol. The standard InChI is InChI=1S/C8H15N4O4PS/c1-10-8(9)12(17(13,14)15)3-5-18-6-7-11-2-4-16-7/h2,4H,3,5-6H2,1H3,(H2,9,10)(H2,13,14,15). The molecule has 1 rings (SSSR count). The minimum absolute atomic E-state index is 0.0961. The molecule has 0 atom stereocenters. The minimum atomic E-state index is -4.42. The number of oxazole rings is 1. The molecule has 18 heavy (non-hydrogen) atoms. The molecule has 0 radical (unpaired) electrons. The van der Waals surface area contributed by atoms with Gasteiger partial charge >= 0.3 is 7.75 Å². The van der Waals surface area contributed by atoms with Crippen molar-refractivity contribution >= 4 is 25.5 Å². The Kier molecular flexibility index (Phi) is 5.67. The highest BCUT2D eigenvalue weighted by molar-refractivity contribution is 7.98. The van der Waals surface area contributed by atoms with Crippen LogP contribution in [0.2, 0.25) is 0 Å². The van der Waals surface area contributed by atoms with Crippen molar-refractivity contribution in [2.45, 2.75) is 5.75 Å². The zero-order valence-corrected chi connectivity index (χ0v) is 11.5. The zero-order valence-electron chi connectivity index (χ0n) is 9.76. The first kappa shape index (κ1) is 15.0. The van der Waals surface area contributed by atoms with Crippen molar-refractivity contribution in [3.8, 4) is 0 Å². The molecule has 0 aliphatic carbocycles. The highest BCUT2D eigenvalue weighted by atomic mass is 32.2. The summed E-state index contributed by atoms with van der Waals surface area (Å²) >= 11 is 1.43. The molecule has 4 N–H and O–H groups in total. The lowest BCUT2D eigenvalue weighted by Gasteiger charge is -2.23. The molecular formula is C8H15N4O4PS. The summed E-state index contributed by atoms with van der Waals surface area (Å²) in [6, 6.07) is 0. The van der Waals surface area contributed by atoms with Crippen LogP contribution in [0.4, 0.5) is 0 Å². The van der Waals surface area contributed by atoms with Gasteiger partial charge in [-0.05, 0) is 0 Å². The molecule has 0 saturated heterocycles. The Morgan fingerprint density at radius 3 is 2.94 bits per heavy atom. The fraction of sp³-hybridized carbons (Fsp3) is 0.500. The molecule has 1 heterocycles. The van der Waals surface area contributed by atoms with E-state index in [1.54, 1.807) is 6.20 Å². The van der Waals surface area contributed by atoms with E-state index in [1.165, 1.54) is 25.1 Å². The van der Waals surface area contributed by atoms with Crippen molar-refractivity contribution in [2.75, 3.05) is 19.3 Å². The van der Waals surface area contributed by atoms with E-state index < -0.39 is 7.75 Å². The quantitative estimate of drug-likeness (QED) is 0.295. The number of hydrogen-bond donors (Lipinski definition) is 3. The molecule has 0 aromatic carbocycles. The van der Waals surface area contributed by atoms with Crippen LogP contribution in [0.15, 0.2) is 21.9 Å². The van der Waals surface area contributed by atoms with Crippen LogP contribution in [0.5, 0.6) is 0 Å². The molecule has 1 aromatic heterocycles. The van der Waals surface area contributed by atoms with Crippen LogP contribution in [-0.4, -0.2) is 44.7 Å². The van der Waals surface area contributed by atoms with Crippen molar-refractivity contribution in [3.63, 3.8) is 0 Å². The van der Waals surface area contributed by atoms with Crippen LogP contribution in [0.3, 0.4) is 0 Å². The van der Waals surface area contributed by atoms with Gasteiger partial charge < -0.3 is 19.9 Å². The number of aliphatic imine (C=N–C) groups is 1. The zero-order chi connectivity index (χ0) is 13.6. The number of nitrogens with two attached hydrogens (primary N) is 1. The lowest BCUT2D eigenvalue weighted by atomic mass is 10.7. The lowest BCUT2D eigenvalue weighted by Crippen LogP contribution is -2.36. The third-order valence-corrected chi connectivity index (χ3v) is 3.92. The Balaban J connectivity index is 2.41. The maximum Gasteiger partial charge on any atom is 0.432 e. The number of guanidine groups is 1. The summed E-state index contributed by atoms with van der Waals surface area (Å²) in [5.74, 6) is 1.38. The van der Waals surface area contributed by atoms with Gasteiger partial charge in [-0.3, -0.25) is 4.99 Å². The van der Waals surface area contributed by atoms with Crippen molar-refractivity contribution in [1.29, 1.82) is 0 Å². The third-order valence-electron chi connectivity index (χ3n) is 1.96. The summed E-state index contributed by atoms with van der Waals surface area (Å²) in [6.45, 7) is 0.0961. The number of nitrogens with zero attached hydrogens (tertiary/aromatic N) is 3. The van der Waals surface area contributed by atoms with Gasteiger partial charge in [-0.25, -0.2) is 14.2 Å². The van der Waals surface area contributed by atoms with Crippen molar-refractivity contribution in [1.82, 2.24) is 9.65 Å². The van der Waals surface area contributed by atoms with Gasteiger partial charge in [0.15, 0.2) is 5.96 Å². The highest BCUT2D eigenvalue weighted by Crippen LogP contribution is 2.39. The molecule has 0 amide bonds. The van der Waals surface area contributed by atoms with E-state index in [9.17, 15) is 4.57 Å². The van der Waals surface area contributed by atoms with E-state index in [1.807, 2.05) is 0 Å². The molecule has 0 saturated carbocycles. The maximum atomic E-state index is 11.2. The first-order chi connectivity index (χ1) is 8.45. The first-order valence-corrected chi connectivity index (χ1v) is 7.69. The average molecular weight is 294 g/mol. The molecule has 0 fully saturated rings. The SMILES string of the molecule is CN=C(N)N(CCSCc1ncco1)P(=O)(O)O. The predicted octanol–water partition coefficient (Wildman–Crippen LogP) is 0.247. The summed E-state index contributed by atoms with van der Waals surface area (Å²) in [7, 11) is -3.05. The molecule has 1 aromatic rings. The summed E-state index contributed by atoms with van der Waals surface area (Å²) in [5.41, 5.74) is 5.42. The Hall–Kier alpha value is -1.02.